The Bertz CT molecular complexity index is 1000. The number of alkyl halides is 1. The second kappa shape index (κ2) is 6.59. The normalized spacial score (nSPS) is 12.7. The Kier molecular flexibility index (Phi) is 4.64. The second-order valence-corrected chi connectivity index (χ2v) is 7.20. The molecule has 0 radical (unpaired) electrons. The minimum absolute atomic E-state index is 0.0286. The minimum Gasteiger partial charge on any atom is -0.295 e. The van der Waals surface area contributed by atoms with Gasteiger partial charge in [-0.1, -0.05) is 28.1 Å². The lowest BCUT2D eigenvalue weighted by molar-refractivity contribution is 0.0991. The Balaban J connectivity index is 2.04. The van der Waals surface area contributed by atoms with E-state index in [9.17, 15) is 14.0 Å². The highest BCUT2D eigenvalue weighted by Crippen LogP contribution is 2.28. The molecule has 1 unspecified atom stereocenters. The van der Waals surface area contributed by atoms with Crippen molar-refractivity contribution in [2.45, 2.75) is 24.7 Å². The molecule has 1 aromatic heterocycles. The number of imidazole rings is 1. The van der Waals surface area contributed by atoms with Crippen LogP contribution in [0.15, 0.2) is 47.3 Å². The highest BCUT2D eigenvalue weighted by atomic mass is 79.9. The van der Waals surface area contributed by atoms with Crippen LogP contribution in [0.3, 0.4) is 0 Å². The zero-order valence-electron chi connectivity index (χ0n) is 14.2. The van der Waals surface area contributed by atoms with Crippen LogP contribution in [0.1, 0.15) is 40.6 Å². The van der Waals surface area contributed by atoms with Gasteiger partial charge in [0, 0.05) is 18.7 Å². The summed E-state index contributed by atoms with van der Waals surface area (Å²) in [5, 5.41) is 0. The summed E-state index contributed by atoms with van der Waals surface area (Å²) in [6.45, 7) is 3.89. The third-order valence-corrected chi connectivity index (χ3v) is 5.23. The van der Waals surface area contributed by atoms with Crippen LogP contribution in [0.5, 0.6) is 0 Å². The molecule has 0 aliphatic heterocycles. The average Bonchev–Trinajstić information content (AvgIpc) is 2.85. The number of aromatic nitrogens is 2. The van der Waals surface area contributed by atoms with Crippen LogP contribution in [0, 0.1) is 5.82 Å². The van der Waals surface area contributed by atoms with Crippen LogP contribution in [-0.2, 0) is 7.05 Å². The van der Waals surface area contributed by atoms with E-state index in [1.807, 2.05) is 13.8 Å². The molecule has 130 valence electrons. The first kappa shape index (κ1) is 17.6. The highest BCUT2D eigenvalue weighted by molar-refractivity contribution is 9.09. The Morgan fingerprint density at radius 3 is 2.32 bits per heavy atom. The fraction of sp³-hybridized carbons (Fsp3) is 0.263. The van der Waals surface area contributed by atoms with Crippen LogP contribution in [0.25, 0.3) is 11.0 Å². The third-order valence-electron chi connectivity index (χ3n) is 4.28. The lowest BCUT2D eigenvalue weighted by Crippen LogP contribution is -2.23. The number of rotatable bonds is 4. The van der Waals surface area contributed by atoms with Crippen molar-refractivity contribution in [3.05, 3.63) is 69.9 Å². The summed E-state index contributed by atoms with van der Waals surface area (Å²) in [4.78, 5) is 24.6. The highest BCUT2D eigenvalue weighted by Gasteiger charge is 2.21. The minimum atomic E-state index is -0.574. The molecule has 0 N–H and O–H groups in total. The van der Waals surface area contributed by atoms with Crippen molar-refractivity contribution < 1.29 is 9.18 Å². The molecule has 0 bridgehead atoms. The molecule has 6 heteroatoms. The van der Waals surface area contributed by atoms with Crippen molar-refractivity contribution >= 4 is 32.7 Å². The number of ketones is 1. The van der Waals surface area contributed by atoms with Gasteiger partial charge in [0.05, 0.1) is 11.0 Å². The average molecular weight is 405 g/mol. The summed E-state index contributed by atoms with van der Waals surface area (Å²) in [6, 6.07) is 11.1. The summed E-state index contributed by atoms with van der Waals surface area (Å²) in [5.41, 5.74) is 2.58. The van der Waals surface area contributed by atoms with Gasteiger partial charge in [0.1, 0.15) is 10.6 Å². The molecule has 3 rings (SSSR count). The first-order valence-electron chi connectivity index (χ1n) is 7.96. The number of Topliss-reactive ketones (excluding diaryl/α,β-unsaturated/α-hetero) is 1. The van der Waals surface area contributed by atoms with E-state index in [0.29, 0.717) is 16.6 Å². The van der Waals surface area contributed by atoms with Gasteiger partial charge in [0.15, 0.2) is 5.78 Å². The smallest absolute Gasteiger partial charge is 0.295 e. The van der Waals surface area contributed by atoms with Crippen LogP contribution in [0.2, 0.25) is 0 Å². The van der Waals surface area contributed by atoms with Crippen molar-refractivity contribution in [2.24, 2.45) is 7.05 Å². The third kappa shape index (κ3) is 3.06. The molecule has 0 saturated carbocycles. The van der Waals surface area contributed by atoms with E-state index in [1.54, 1.807) is 46.5 Å². The molecule has 3 aromatic rings. The van der Waals surface area contributed by atoms with Gasteiger partial charge in [-0.15, -0.1) is 0 Å². The van der Waals surface area contributed by atoms with Gasteiger partial charge in [-0.2, -0.15) is 0 Å². The predicted octanol–water partition coefficient (Wildman–Crippen LogP) is 4.38. The van der Waals surface area contributed by atoms with Crippen molar-refractivity contribution in [1.29, 1.82) is 0 Å². The Hall–Kier alpha value is -2.21. The number of hydrogen-bond acceptors (Lipinski definition) is 2. The molecule has 25 heavy (non-hydrogen) atoms. The first-order chi connectivity index (χ1) is 11.8. The zero-order chi connectivity index (χ0) is 18.3. The standard InChI is InChI=1S/C19H18BrFN2O2/c1-11(2)23-15-9-6-13(10-16(15)22(3)19(23)25)18(24)17(20)12-4-7-14(21)8-5-12/h4-11,17H,1-3H3. The van der Waals surface area contributed by atoms with Gasteiger partial charge in [0.2, 0.25) is 0 Å². The number of hydrogen-bond donors (Lipinski definition) is 0. The molecule has 1 heterocycles. The lowest BCUT2D eigenvalue weighted by Gasteiger charge is -2.10. The largest absolute Gasteiger partial charge is 0.329 e. The van der Waals surface area contributed by atoms with E-state index in [1.165, 1.54) is 12.1 Å². The van der Waals surface area contributed by atoms with Gasteiger partial charge >= 0.3 is 5.69 Å². The van der Waals surface area contributed by atoms with Gasteiger partial charge in [0.25, 0.3) is 0 Å². The van der Waals surface area contributed by atoms with E-state index in [2.05, 4.69) is 15.9 Å². The van der Waals surface area contributed by atoms with Crippen LogP contribution >= 0.6 is 15.9 Å². The molecule has 0 amide bonds. The van der Waals surface area contributed by atoms with E-state index in [0.717, 1.165) is 5.52 Å². The number of carbonyl (C=O) groups is 1. The maximum Gasteiger partial charge on any atom is 0.329 e. The number of benzene rings is 2. The Labute approximate surface area is 153 Å². The van der Waals surface area contributed by atoms with Crippen LogP contribution in [0.4, 0.5) is 4.39 Å². The number of halogens is 2. The lowest BCUT2D eigenvalue weighted by atomic mass is 10.0. The maximum absolute atomic E-state index is 13.1. The van der Waals surface area contributed by atoms with Crippen LogP contribution in [-0.4, -0.2) is 14.9 Å². The van der Waals surface area contributed by atoms with Crippen molar-refractivity contribution in [3.8, 4) is 0 Å². The van der Waals surface area contributed by atoms with E-state index >= 15 is 0 Å². The zero-order valence-corrected chi connectivity index (χ0v) is 15.7. The Morgan fingerprint density at radius 1 is 1.08 bits per heavy atom. The van der Waals surface area contributed by atoms with Gasteiger partial charge < -0.3 is 0 Å². The van der Waals surface area contributed by atoms with E-state index in [-0.39, 0.29) is 23.3 Å². The van der Waals surface area contributed by atoms with Gasteiger partial charge in [-0.05, 0) is 49.7 Å². The fourth-order valence-electron chi connectivity index (χ4n) is 2.95. The summed E-state index contributed by atoms with van der Waals surface area (Å²) in [6.07, 6.45) is 0. The SMILES string of the molecule is CC(C)n1c(=O)n(C)c2cc(C(=O)C(Br)c3ccc(F)cc3)ccc21. The number of fused-ring (bicyclic) bond motifs is 1. The molecule has 0 aliphatic carbocycles. The fourth-order valence-corrected chi connectivity index (χ4v) is 3.51. The molecule has 0 fully saturated rings. The molecule has 1 atom stereocenters. The number of aryl methyl sites for hydroxylation is 1. The molecular formula is C19H18BrFN2O2. The summed E-state index contributed by atoms with van der Waals surface area (Å²) in [7, 11) is 1.70. The number of nitrogens with zero attached hydrogens (tertiary/aromatic N) is 2. The topological polar surface area (TPSA) is 44.0 Å². The Morgan fingerprint density at radius 2 is 1.72 bits per heavy atom. The van der Waals surface area contributed by atoms with Crippen LogP contribution < -0.4 is 5.69 Å². The monoisotopic (exact) mass is 404 g/mol. The molecule has 0 aliphatic rings. The van der Waals surface area contributed by atoms with Crippen molar-refractivity contribution in [2.75, 3.05) is 0 Å². The van der Waals surface area contributed by atoms with Crippen molar-refractivity contribution in [3.63, 3.8) is 0 Å². The van der Waals surface area contributed by atoms with E-state index in [4.69, 9.17) is 0 Å². The van der Waals surface area contributed by atoms with Gasteiger partial charge in [-0.3, -0.25) is 13.9 Å². The molecule has 0 saturated heterocycles. The molecule has 4 nitrogen and oxygen atoms in total. The molecule has 2 aromatic carbocycles. The molecule has 0 spiro atoms. The summed E-state index contributed by atoms with van der Waals surface area (Å²) >= 11 is 3.39. The van der Waals surface area contributed by atoms with E-state index < -0.39 is 4.83 Å². The maximum atomic E-state index is 13.1. The second-order valence-electron chi connectivity index (χ2n) is 6.29. The predicted molar refractivity (Wildman–Crippen MR) is 100.0 cm³/mol. The van der Waals surface area contributed by atoms with Gasteiger partial charge in [-0.25, -0.2) is 9.18 Å². The summed E-state index contributed by atoms with van der Waals surface area (Å²) in [5.74, 6) is -0.486. The summed E-state index contributed by atoms with van der Waals surface area (Å²) < 4.78 is 16.3. The van der Waals surface area contributed by atoms with Crippen molar-refractivity contribution in [1.82, 2.24) is 9.13 Å². The first-order valence-corrected chi connectivity index (χ1v) is 8.87. The number of carbonyl (C=O) groups excluding carboxylic acids is 1. The molecular weight excluding hydrogens is 387 g/mol. The quantitative estimate of drug-likeness (QED) is 0.478.